The number of carbonyl (C=O) groups is 1. The minimum Gasteiger partial charge on any atom is -0.465 e. The molecule has 3 aromatic carbocycles. The number of hydrogen-bond donors (Lipinski definition) is 2. The van der Waals surface area contributed by atoms with Gasteiger partial charge >= 0.3 is 18.3 Å². The van der Waals surface area contributed by atoms with E-state index in [4.69, 9.17) is 0 Å². The van der Waals surface area contributed by atoms with Crippen LogP contribution in [0.5, 0.6) is 0 Å². The summed E-state index contributed by atoms with van der Waals surface area (Å²) in [6.07, 6.45) is -3.37. The maximum atomic E-state index is 13.8. The number of hydrogen-bond acceptors (Lipinski definition) is 4. The van der Waals surface area contributed by atoms with Crippen molar-refractivity contribution in [2.75, 3.05) is 17.7 Å². The minimum absolute atomic E-state index is 0.0541. The number of carbonyl (C=O) groups excluding carboxylic acids is 1. The molecule has 0 aromatic heterocycles. The van der Waals surface area contributed by atoms with Gasteiger partial charge in [0.1, 0.15) is 0 Å². The number of halogens is 6. The molecule has 2 aliphatic carbocycles. The number of esters is 1. The second-order valence-electron chi connectivity index (χ2n) is 12.4. The second kappa shape index (κ2) is 11.4. The Kier molecular flexibility index (Phi) is 8.17. The highest BCUT2D eigenvalue weighted by molar-refractivity contribution is 5.97. The van der Waals surface area contributed by atoms with Crippen molar-refractivity contribution in [3.63, 3.8) is 0 Å². The van der Waals surface area contributed by atoms with E-state index in [1.54, 1.807) is 0 Å². The first-order valence-electron chi connectivity index (χ1n) is 14.3. The molecular formula is C33H34F6N2O2. The lowest BCUT2D eigenvalue weighted by molar-refractivity contribution is -0.138. The van der Waals surface area contributed by atoms with Gasteiger partial charge < -0.3 is 15.4 Å². The summed E-state index contributed by atoms with van der Waals surface area (Å²) in [4.78, 5) is 12.3. The van der Waals surface area contributed by atoms with Crippen molar-refractivity contribution in [3.05, 3.63) is 82.9 Å². The lowest BCUT2D eigenvalue weighted by Crippen LogP contribution is -2.38. The van der Waals surface area contributed by atoms with Crippen molar-refractivity contribution < 1.29 is 35.9 Å². The molecule has 0 aliphatic heterocycles. The fraction of sp³-hybridized carbons (Fsp3) is 0.424. The predicted molar refractivity (Wildman–Crippen MR) is 154 cm³/mol. The maximum Gasteiger partial charge on any atom is 0.416 e. The Morgan fingerprint density at radius 3 is 1.91 bits per heavy atom. The third-order valence-electron chi connectivity index (χ3n) is 8.78. The molecule has 2 saturated carbocycles. The van der Waals surface area contributed by atoms with Crippen molar-refractivity contribution >= 4 is 28.7 Å². The monoisotopic (exact) mass is 604 g/mol. The van der Waals surface area contributed by atoms with Gasteiger partial charge in [0.05, 0.1) is 29.5 Å². The van der Waals surface area contributed by atoms with Crippen LogP contribution in [0.4, 0.5) is 49.1 Å². The topological polar surface area (TPSA) is 50.4 Å². The largest absolute Gasteiger partial charge is 0.465 e. The second-order valence-corrected chi connectivity index (χ2v) is 12.4. The van der Waals surface area contributed by atoms with Crippen LogP contribution in [0.1, 0.15) is 73.0 Å². The van der Waals surface area contributed by atoms with Crippen LogP contribution in [-0.4, -0.2) is 13.1 Å². The van der Waals surface area contributed by atoms with Crippen LogP contribution < -0.4 is 10.6 Å². The number of anilines is 4. The van der Waals surface area contributed by atoms with E-state index >= 15 is 0 Å². The number of alkyl halides is 6. The average Bonchev–Trinajstić information content (AvgIpc) is 2.91. The Labute approximate surface area is 246 Å². The molecule has 0 heterocycles. The molecule has 2 N–H and O–H groups in total. The van der Waals surface area contributed by atoms with E-state index in [-0.39, 0.29) is 22.5 Å². The summed E-state index contributed by atoms with van der Waals surface area (Å²) in [5, 5.41) is 5.70. The van der Waals surface area contributed by atoms with Gasteiger partial charge in [0.25, 0.3) is 0 Å². The van der Waals surface area contributed by atoms with E-state index in [0.29, 0.717) is 23.6 Å². The minimum atomic E-state index is -4.73. The zero-order chi connectivity index (χ0) is 31.2. The van der Waals surface area contributed by atoms with Gasteiger partial charge in [-0.25, -0.2) is 4.79 Å². The standard InChI is InChI=1S/C33H34F6N2O2/c1-19-10-20-12-21(11-19)18-31(2,17-20)22-4-7-25(8-5-22)40-26-13-24(33(37,38)39)14-27(16-26)41-29-9-6-23(32(34,35)36)15-28(29)30(42)43-3/h4-9,13-16,19-21,40-41H,10-12,17-18H2,1-3H3. The van der Waals surface area contributed by atoms with Crippen molar-refractivity contribution in [3.8, 4) is 0 Å². The molecule has 2 fully saturated rings. The molecule has 10 heteroatoms. The van der Waals surface area contributed by atoms with E-state index in [0.717, 1.165) is 50.1 Å². The summed E-state index contributed by atoms with van der Waals surface area (Å²) < 4.78 is 85.9. The highest BCUT2D eigenvalue weighted by atomic mass is 19.4. The van der Waals surface area contributed by atoms with Crippen LogP contribution in [0.3, 0.4) is 0 Å². The van der Waals surface area contributed by atoms with Crippen LogP contribution in [0.15, 0.2) is 60.7 Å². The number of nitrogens with one attached hydrogen (secondary N) is 2. The first-order valence-corrected chi connectivity index (χ1v) is 14.3. The van der Waals surface area contributed by atoms with Crippen LogP contribution in [0, 0.1) is 17.8 Å². The highest BCUT2D eigenvalue weighted by Crippen LogP contribution is 2.51. The molecule has 2 unspecified atom stereocenters. The van der Waals surface area contributed by atoms with Crippen molar-refractivity contribution in [2.24, 2.45) is 17.8 Å². The van der Waals surface area contributed by atoms with Crippen molar-refractivity contribution in [1.82, 2.24) is 0 Å². The zero-order valence-corrected chi connectivity index (χ0v) is 24.1. The van der Waals surface area contributed by atoms with Crippen LogP contribution in [0.2, 0.25) is 0 Å². The normalized spacial score (nSPS) is 23.9. The summed E-state index contributed by atoms with van der Waals surface area (Å²) in [6.45, 7) is 4.64. The van der Waals surface area contributed by atoms with Gasteiger partial charge in [0.2, 0.25) is 0 Å². The summed E-state index contributed by atoms with van der Waals surface area (Å²) in [5.41, 5.74) is -0.758. The van der Waals surface area contributed by atoms with Crippen LogP contribution in [0.25, 0.3) is 0 Å². The first-order chi connectivity index (χ1) is 20.1. The smallest absolute Gasteiger partial charge is 0.416 e. The van der Waals surface area contributed by atoms with Crippen molar-refractivity contribution in [1.29, 1.82) is 0 Å². The Morgan fingerprint density at radius 2 is 1.35 bits per heavy atom. The lowest BCUT2D eigenvalue weighted by atomic mass is 9.57. The lowest BCUT2D eigenvalue weighted by Gasteiger charge is -2.47. The molecule has 0 spiro atoms. The number of rotatable bonds is 6. The van der Waals surface area contributed by atoms with E-state index in [2.05, 4.69) is 29.2 Å². The van der Waals surface area contributed by atoms with E-state index < -0.39 is 35.0 Å². The molecule has 2 aliphatic rings. The fourth-order valence-electron chi connectivity index (χ4n) is 7.15. The summed E-state index contributed by atoms with van der Waals surface area (Å²) in [5.74, 6) is 1.12. The molecule has 3 aromatic rings. The van der Waals surface area contributed by atoms with Crippen molar-refractivity contribution in [2.45, 2.75) is 63.7 Å². The Hall–Kier alpha value is -3.69. The Bertz CT molecular complexity index is 1460. The number of ether oxygens (including phenoxy) is 1. The Balaban J connectivity index is 1.41. The van der Waals surface area contributed by atoms with E-state index in [1.165, 1.54) is 30.9 Å². The molecule has 0 radical (unpaired) electrons. The van der Waals surface area contributed by atoms with Gasteiger partial charge in [0.15, 0.2) is 0 Å². The third-order valence-corrected chi connectivity index (χ3v) is 8.78. The number of fused-ring (bicyclic) bond motifs is 2. The fourth-order valence-corrected chi connectivity index (χ4v) is 7.15. The van der Waals surface area contributed by atoms with Gasteiger partial charge in [-0.1, -0.05) is 26.0 Å². The molecule has 43 heavy (non-hydrogen) atoms. The average molecular weight is 605 g/mol. The summed E-state index contributed by atoms with van der Waals surface area (Å²) in [6, 6.07) is 13.3. The molecule has 5 rings (SSSR count). The SMILES string of the molecule is COC(=O)c1cc(C(F)(F)F)ccc1Nc1cc(Nc2ccc(C3(C)CC4CC(C)CC(C4)C3)cc2)cc(C(F)(F)F)c1. The predicted octanol–water partition coefficient (Wildman–Crippen LogP) is 10.1. The third kappa shape index (κ3) is 6.94. The van der Waals surface area contributed by atoms with Gasteiger partial charge in [-0.3, -0.25) is 0 Å². The molecule has 0 amide bonds. The van der Waals surface area contributed by atoms with Gasteiger partial charge in [-0.05, 0) is 109 Å². The van der Waals surface area contributed by atoms with Gasteiger partial charge in [0, 0.05) is 17.1 Å². The molecule has 230 valence electrons. The maximum absolute atomic E-state index is 13.8. The first kappa shape index (κ1) is 30.8. The van der Waals surface area contributed by atoms with Crippen LogP contribution in [-0.2, 0) is 22.5 Å². The van der Waals surface area contributed by atoms with Crippen LogP contribution >= 0.6 is 0 Å². The van der Waals surface area contributed by atoms with E-state index in [9.17, 15) is 31.1 Å². The molecule has 0 saturated heterocycles. The highest BCUT2D eigenvalue weighted by Gasteiger charge is 2.41. The summed E-state index contributed by atoms with van der Waals surface area (Å²) >= 11 is 0. The molecule has 4 nitrogen and oxygen atoms in total. The Morgan fingerprint density at radius 1 is 0.767 bits per heavy atom. The summed E-state index contributed by atoms with van der Waals surface area (Å²) in [7, 11) is 1.00. The molecular weight excluding hydrogens is 570 g/mol. The number of benzene rings is 3. The van der Waals surface area contributed by atoms with Gasteiger partial charge in [-0.2, -0.15) is 26.3 Å². The zero-order valence-electron chi connectivity index (χ0n) is 24.1. The number of methoxy groups -OCH3 is 1. The van der Waals surface area contributed by atoms with Gasteiger partial charge in [-0.15, -0.1) is 0 Å². The molecule has 2 atom stereocenters. The molecule has 2 bridgehead atoms. The van der Waals surface area contributed by atoms with E-state index in [1.807, 2.05) is 24.3 Å². The quantitative estimate of drug-likeness (QED) is 0.217.